The fourth-order valence-corrected chi connectivity index (χ4v) is 2.86. The van der Waals surface area contributed by atoms with Crippen molar-refractivity contribution < 1.29 is 4.74 Å². The molecule has 2 atom stereocenters. The first kappa shape index (κ1) is 12.1. The second kappa shape index (κ2) is 5.30. The maximum Gasteiger partial charge on any atom is 0.0666 e. The molecule has 1 N–H and O–H groups in total. The van der Waals surface area contributed by atoms with Crippen molar-refractivity contribution >= 4 is 11.3 Å². The molecule has 1 fully saturated rings. The van der Waals surface area contributed by atoms with Crippen LogP contribution in [0.5, 0.6) is 0 Å². The first-order chi connectivity index (χ1) is 7.72. The van der Waals surface area contributed by atoms with E-state index in [0.717, 1.165) is 32.4 Å². The normalized spacial score (nSPS) is 30.5. The van der Waals surface area contributed by atoms with Gasteiger partial charge in [-0.05, 0) is 37.6 Å². The standard InChI is InChI=1S/C13H21NOS/c1-3-13(2)9-11(6-7-15-13)14-10-12-5-4-8-16-12/h4-5,8,11,14H,3,6-7,9-10H2,1-2H3. The Balaban J connectivity index is 1.81. The smallest absolute Gasteiger partial charge is 0.0666 e. The summed E-state index contributed by atoms with van der Waals surface area (Å²) in [6.45, 7) is 6.34. The zero-order chi connectivity index (χ0) is 11.4. The predicted octanol–water partition coefficient (Wildman–Crippen LogP) is 3.19. The summed E-state index contributed by atoms with van der Waals surface area (Å²) in [6, 6.07) is 4.92. The van der Waals surface area contributed by atoms with Crippen LogP contribution < -0.4 is 5.32 Å². The summed E-state index contributed by atoms with van der Waals surface area (Å²) < 4.78 is 5.84. The summed E-state index contributed by atoms with van der Waals surface area (Å²) in [5.41, 5.74) is 0.0887. The van der Waals surface area contributed by atoms with Crippen LogP contribution in [-0.4, -0.2) is 18.2 Å². The molecule has 0 radical (unpaired) electrons. The zero-order valence-electron chi connectivity index (χ0n) is 10.2. The molecular formula is C13H21NOS. The molecule has 1 aromatic heterocycles. The second-order valence-electron chi connectivity index (χ2n) is 4.80. The van der Waals surface area contributed by atoms with Gasteiger partial charge in [0.25, 0.3) is 0 Å². The van der Waals surface area contributed by atoms with E-state index >= 15 is 0 Å². The predicted molar refractivity (Wildman–Crippen MR) is 68.8 cm³/mol. The fraction of sp³-hybridized carbons (Fsp3) is 0.692. The van der Waals surface area contributed by atoms with Gasteiger partial charge >= 0.3 is 0 Å². The van der Waals surface area contributed by atoms with Crippen LogP contribution in [0.2, 0.25) is 0 Å². The van der Waals surface area contributed by atoms with Crippen molar-refractivity contribution in [1.82, 2.24) is 5.32 Å². The molecule has 1 aromatic rings. The molecule has 1 aliphatic rings. The number of thiophene rings is 1. The maximum absolute atomic E-state index is 5.84. The lowest BCUT2D eigenvalue weighted by Crippen LogP contribution is -2.44. The molecule has 0 aromatic carbocycles. The van der Waals surface area contributed by atoms with Crippen molar-refractivity contribution in [3.8, 4) is 0 Å². The van der Waals surface area contributed by atoms with E-state index in [4.69, 9.17) is 4.74 Å². The summed E-state index contributed by atoms with van der Waals surface area (Å²) in [5.74, 6) is 0. The van der Waals surface area contributed by atoms with Crippen molar-refractivity contribution in [2.24, 2.45) is 0 Å². The Bertz CT molecular complexity index is 312. The lowest BCUT2D eigenvalue weighted by molar-refractivity contribution is -0.0781. The Morgan fingerprint density at radius 2 is 2.50 bits per heavy atom. The zero-order valence-corrected chi connectivity index (χ0v) is 11.0. The van der Waals surface area contributed by atoms with Crippen molar-refractivity contribution in [2.45, 2.75) is 51.3 Å². The van der Waals surface area contributed by atoms with Gasteiger partial charge in [0.05, 0.1) is 5.60 Å². The van der Waals surface area contributed by atoms with Gasteiger partial charge in [-0.3, -0.25) is 0 Å². The molecule has 2 nitrogen and oxygen atoms in total. The Morgan fingerprint density at radius 1 is 1.62 bits per heavy atom. The van der Waals surface area contributed by atoms with E-state index in [2.05, 4.69) is 36.7 Å². The van der Waals surface area contributed by atoms with E-state index in [0.29, 0.717) is 6.04 Å². The average molecular weight is 239 g/mol. The Kier molecular flexibility index (Phi) is 4.00. The van der Waals surface area contributed by atoms with Crippen molar-refractivity contribution in [1.29, 1.82) is 0 Å². The first-order valence-corrected chi connectivity index (χ1v) is 6.99. The molecule has 2 rings (SSSR count). The van der Waals surface area contributed by atoms with Crippen LogP contribution in [0.25, 0.3) is 0 Å². The van der Waals surface area contributed by atoms with Crippen molar-refractivity contribution in [2.75, 3.05) is 6.61 Å². The Morgan fingerprint density at radius 3 is 3.19 bits per heavy atom. The molecule has 0 bridgehead atoms. The molecule has 1 aliphatic heterocycles. The molecule has 0 spiro atoms. The van der Waals surface area contributed by atoms with Crippen LogP contribution in [0.15, 0.2) is 17.5 Å². The minimum Gasteiger partial charge on any atom is -0.375 e. The monoisotopic (exact) mass is 239 g/mol. The summed E-state index contributed by atoms with van der Waals surface area (Å²) >= 11 is 1.82. The number of hydrogen-bond donors (Lipinski definition) is 1. The van der Waals surface area contributed by atoms with Crippen LogP contribution in [-0.2, 0) is 11.3 Å². The Hall–Kier alpha value is -0.380. The Labute approximate surface area is 102 Å². The summed E-state index contributed by atoms with van der Waals surface area (Å²) in [7, 11) is 0. The molecule has 0 aliphatic carbocycles. The van der Waals surface area contributed by atoms with Crippen molar-refractivity contribution in [3.05, 3.63) is 22.4 Å². The molecule has 2 unspecified atom stereocenters. The number of ether oxygens (including phenoxy) is 1. The van der Waals surface area contributed by atoms with E-state index < -0.39 is 0 Å². The lowest BCUT2D eigenvalue weighted by atomic mass is 9.90. The van der Waals surface area contributed by atoms with Gasteiger partial charge < -0.3 is 10.1 Å². The highest BCUT2D eigenvalue weighted by atomic mass is 32.1. The third kappa shape index (κ3) is 3.06. The first-order valence-electron chi connectivity index (χ1n) is 6.11. The SMILES string of the molecule is CCC1(C)CC(NCc2cccs2)CCO1. The van der Waals surface area contributed by atoms with Gasteiger partial charge in [-0.1, -0.05) is 13.0 Å². The molecule has 1 saturated heterocycles. The minimum atomic E-state index is 0.0887. The van der Waals surface area contributed by atoms with Gasteiger partial charge in [0.15, 0.2) is 0 Å². The fourth-order valence-electron chi connectivity index (χ4n) is 2.21. The van der Waals surface area contributed by atoms with Gasteiger partial charge in [0, 0.05) is 24.1 Å². The maximum atomic E-state index is 5.84. The van der Waals surface area contributed by atoms with E-state index in [1.165, 1.54) is 4.88 Å². The molecule has 90 valence electrons. The summed E-state index contributed by atoms with van der Waals surface area (Å²) in [5, 5.41) is 5.78. The largest absolute Gasteiger partial charge is 0.375 e. The van der Waals surface area contributed by atoms with Gasteiger partial charge in [0.1, 0.15) is 0 Å². The average Bonchev–Trinajstić information content (AvgIpc) is 2.80. The van der Waals surface area contributed by atoms with Crippen LogP contribution in [0.4, 0.5) is 0 Å². The molecule has 3 heteroatoms. The number of rotatable bonds is 4. The third-order valence-electron chi connectivity index (χ3n) is 3.49. The molecular weight excluding hydrogens is 218 g/mol. The van der Waals surface area contributed by atoms with E-state index in [1.54, 1.807) is 0 Å². The third-order valence-corrected chi connectivity index (χ3v) is 4.36. The summed E-state index contributed by atoms with van der Waals surface area (Å²) in [6.07, 6.45) is 3.38. The van der Waals surface area contributed by atoms with Crippen LogP contribution in [0.3, 0.4) is 0 Å². The highest BCUT2D eigenvalue weighted by Crippen LogP contribution is 2.27. The molecule has 2 heterocycles. The highest BCUT2D eigenvalue weighted by Gasteiger charge is 2.31. The van der Waals surface area contributed by atoms with Gasteiger partial charge in [0.2, 0.25) is 0 Å². The van der Waals surface area contributed by atoms with Crippen LogP contribution in [0.1, 0.15) is 38.0 Å². The van der Waals surface area contributed by atoms with E-state index in [1.807, 2.05) is 11.3 Å². The molecule has 16 heavy (non-hydrogen) atoms. The minimum absolute atomic E-state index is 0.0887. The van der Waals surface area contributed by atoms with Gasteiger partial charge in [-0.25, -0.2) is 0 Å². The topological polar surface area (TPSA) is 21.3 Å². The summed E-state index contributed by atoms with van der Waals surface area (Å²) in [4.78, 5) is 1.42. The quantitative estimate of drug-likeness (QED) is 0.871. The van der Waals surface area contributed by atoms with Crippen LogP contribution in [0, 0.1) is 0 Å². The molecule has 0 amide bonds. The number of nitrogens with one attached hydrogen (secondary N) is 1. The lowest BCUT2D eigenvalue weighted by Gasteiger charge is -2.38. The van der Waals surface area contributed by atoms with E-state index in [-0.39, 0.29) is 5.60 Å². The molecule has 0 saturated carbocycles. The highest BCUT2D eigenvalue weighted by molar-refractivity contribution is 7.09. The number of hydrogen-bond acceptors (Lipinski definition) is 3. The van der Waals surface area contributed by atoms with Crippen LogP contribution >= 0.6 is 11.3 Å². The second-order valence-corrected chi connectivity index (χ2v) is 5.83. The van der Waals surface area contributed by atoms with Gasteiger partial charge in [-0.15, -0.1) is 11.3 Å². The van der Waals surface area contributed by atoms with E-state index in [9.17, 15) is 0 Å². The van der Waals surface area contributed by atoms with Crippen molar-refractivity contribution in [3.63, 3.8) is 0 Å². The van der Waals surface area contributed by atoms with Gasteiger partial charge in [-0.2, -0.15) is 0 Å².